The fourth-order valence-corrected chi connectivity index (χ4v) is 2.11. The molecule has 4 nitrogen and oxygen atoms in total. The molecule has 0 atom stereocenters. The van der Waals surface area contributed by atoms with Crippen LogP contribution in [0.15, 0.2) is 59.0 Å². The zero-order valence-corrected chi connectivity index (χ0v) is 12.2. The molecule has 0 radical (unpaired) electrons. The second-order valence-corrected chi connectivity index (χ2v) is 4.95. The molecule has 0 bridgehead atoms. The summed E-state index contributed by atoms with van der Waals surface area (Å²) in [6, 6.07) is 15.3. The zero-order valence-electron chi connectivity index (χ0n) is 12.2. The van der Waals surface area contributed by atoms with Gasteiger partial charge in [0.15, 0.2) is 5.58 Å². The first-order chi connectivity index (χ1) is 10.7. The van der Waals surface area contributed by atoms with Gasteiger partial charge >= 0.3 is 5.97 Å². The number of benzene rings is 2. The Labute approximate surface area is 128 Å². The Kier molecular flexibility index (Phi) is 4.01. The zero-order chi connectivity index (χ0) is 15.4. The SMILES string of the molecule is Cc1cccc(COC(=O)/C=C/c2nc3ccccc3o2)c1. The maximum atomic E-state index is 11.7. The lowest BCUT2D eigenvalue weighted by molar-refractivity contribution is -0.138. The van der Waals surface area contributed by atoms with Crippen LogP contribution in [0.3, 0.4) is 0 Å². The normalized spacial score (nSPS) is 11.1. The summed E-state index contributed by atoms with van der Waals surface area (Å²) in [5.41, 5.74) is 3.55. The largest absolute Gasteiger partial charge is 0.458 e. The number of hydrogen-bond acceptors (Lipinski definition) is 4. The standard InChI is InChI=1S/C18H15NO3/c1-13-5-4-6-14(11-13)12-21-18(20)10-9-17-19-15-7-2-3-8-16(15)22-17/h2-11H,12H2,1H3/b10-9+. The first-order valence-electron chi connectivity index (χ1n) is 6.97. The van der Waals surface area contributed by atoms with Crippen molar-refractivity contribution in [3.8, 4) is 0 Å². The number of carbonyl (C=O) groups excluding carboxylic acids is 1. The van der Waals surface area contributed by atoms with Crippen LogP contribution in [0.4, 0.5) is 0 Å². The van der Waals surface area contributed by atoms with Gasteiger partial charge in [-0.15, -0.1) is 0 Å². The number of hydrogen-bond donors (Lipinski definition) is 0. The molecule has 3 rings (SSSR count). The maximum absolute atomic E-state index is 11.7. The quantitative estimate of drug-likeness (QED) is 0.541. The minimum Gasteiger partial charge on any atom is -0.458 e. The van der Waals surface area contributed by atoms with Gasteiger partial charge in [0.1, 0.15) is 12.1 Å². The highest BCUT2D eigenvalue weighted by molar-refractivity contribution is 5.86. The van der Waals surface area contributed by atoms with E-state index in [0.29, 0.717) is 11.5 Å². The average Bonchev–Trinajstić information content (AvgIpc) is 2.94. The minimum atomic E-state index is -0.427. The number of para-hydroxylation sites is 2. The Morgan fingerprint density at radius 2 is 2.09 bits per heavy atom. The highest BCUT2D eigenvalue weighted by Gasteiger charge is 2.03. The van der Waals surface area contributed by atoms with Gasteiger partial charge in [0, 0.05) is 12.2 Å². The van der Waals surface area contributed by atoms with Gasteiger partial charge < -0.3 is 9.15 Å². The number of aromatic nitrogens is 1. The van der Waals surface area contributed by atoms with Gasteiger partial charge in [-0.3, -0.25) is 0 Å². The van der Waals surface area contributed by atoms with Crippen LogP contribution in [0.2, 0.25) is 0 Å². The van der Waals surface area contributed by atoms with Crippen molar-refractivity contribution in [2.45, 2.75) is 13.5 Å². The minimum absolute atomic E-state index is 0.248. The summed E-state index contributed by atoms with van der Waals surface area (Å²) in [6.45, 7) is 2.25. The molecule has 0 amide bonds. The van der Waals surface area contributed by atoms with Crippen LogP contribution >= 0.6 is 0 Å². The fraction of sp³-hybridized carbons (Fsp3) is 0.111. The van der Waals surface area contributed by atoms with E-state index >= 15 is 0 Å². The topological polar surface area (TPSA) is 52.3 Å². The van der Waals surface area contributed by atoms with E-state index in [1.807, 2.05) is 55.5 Å². The number of ether oxygens (including phenoxy) is 1. The molecule has 2 aromatic carbocycles. The highest BCUT2D eigenvalue weighted by Crippen LogP contribution is 2.15. The Balaban J connectivity index is 1.61. The lowest BCUT2D eigenvalue weighted by atomic mass is 10.1. The molecular weight excluding hydrogens is 278 g/mol. The Hall–Kier alpha value is -2.88. The van der Waals surface area contributed by atoms with Crippen LogP contribution in [0.5, 0.6) is 0 Å². The first kappa shape index (κ1) is 14.1. The number of oxazole rings is 1. The molecule has 22 heavy (non-hydrogen) atoms. The smallest absolute Gasteiger partial charge is 0.331 e. The van der Waals surface area contributed by atoms with Crippen molar-refractivity contribution in [1.29, 1.82) is 0 Å². The molecule has 0 aliphatic heterocycles. The van der Waals surface area contributed by atoms with E-state index in [1.165, 1.54) is 12.2 Å². The molecule has 1 heterocycles. The third-order valence-electron chi connectivity index (χ3n) is 3.14. The summed E-state index contributed by atoms with van der Waals surface area (Å²) in [6.07, 6.45) is 2.83. The third-order valence-corrected chi connectivity index (χ3v) is 3.14. The molecule has 1 aromatic heterocycles. The fourth-order valence-electron chi connectivity index (χ4n) is 2.11. The summed E-state index contributed by atoms with van der Waals surface area (Å²) in [5.74, 6) is -0.0440. The number of nitrogens with zero attached hydrogens (tertiary/aromatic N) is 1. The molecule has 4 heteroatoms. The van der Waals surface area contributed by atoms with Crippen molar-refractivity contribution >= 4 is 23.1 Å². The molecule has 3 aromatic rings. The third kappa shape index (κ3) is 3.41. The van der Waals surface area contributed by atoms with E-state index in [4.69, 9.17) is 9.15 Å². The predicted octanol–water partition coefficient (Wildman–Crippen LogP) is 3.89. The van der Waals surface area contributed by atoms with Gasteiger partial charge in [-0.25, -0.2) is 9.78 Å². The Morgan fingerprint density at radius 1 is 1.23 bits per heavy atom. The summed E-state index contributed by atoms with van der Waals surface area (Å²) in [4.78, 5) is 16.0. The van der Waals surface area contributed by atoms with Crippen LogP contribution in [0.25, 0.3) is 17.2 Å². The molecule has 0 saturated carbocycles. The average molecular weight is 293 g/mol. The summed E-state index contributed by atoms with van der Waals surface area (Å²) in [7, 11) is 0. The summed E-state index contributed by atoms with van der Waals surface area (Å²) in [5, 5.41) is 0. The predicted molar refractivity (Wildman–Crippen MR) is 84.0 cm³/mol. The molecular formula is C18H15NO3. The maximum Gasteiger partial charge on any atom is 0.331 e. The Morgan fingerprint density at radius 3 is 2.91 bits per heavy atom. The van der Waals surface area contributed by atoms with Gasteiger partial charge in [0.2, 0.25) is 5.89 Å². The van der Waals surface area contributed by atoms with E-state index in [2.05, 4.69) is 4.98 Å². The second-order valence-electron chi connectivity index (χ2n) is 4.95. The molecule has 110 valence electrons. The molecule has 0 spiro atoms. The lowest BCUT2D eigenvalue weighted by Crippen LogP contribution is -2.00. The second kappa shape index (κ2) is 6.26. The van der Waals surface area contributed by atoms with Gasteiger partial charge in [0.05, 0.1) is 0 Å². The summed E-state index contributed by atoms with van der Waals surface area (Å²) < 4.78 is 10.7. The van der Waals surface area contributed by atoms with Crippen molar-refractivity contribution in [1.82, 2.24) is 4.98 Å². The summed E-state index contributed by atoms with van der Waals surface area (Å²) >= 11 is 0. The van der Waals surface area contributed by atoms with E-state index < -0.39 is 5.97 Å². The van der Waals surface area contributed by atoms with Crippen molar-refractivity contribution < 1.29 is 13.9 Å². The monoisotopic (exact) mass is 293 g/mol. The van der Waals surface area contributed by atoms with Crippen LogP contribution in [0, 0.1) is 6.92 Å². The van der Waals surface area contributed by atoms with E-state index in [1.54, 1.807) is 0 Å². The van der Waals surface area contributed by atoms with Crippen molar-refractivity contribution in [2.75, 3.05) is 0 Å². The number of aryl methyl sites for hydroxylation is 1. The first-order valence-corrected chi connectivity index (χ1v) is 6.97. The van der Waals surface area contributed by atoms with Gasteiger partial charge in [-0.2, -0.15) is 0 Å². The van der Waals surface area contributed by atoms with Gasteiger partial charge in [-0.1, -0.05) is 42.0 Å². The van der Waals surface area contributed by atoms with E-state index in [9.17, 15) is 4.79 Å². The molecule has 0 N–H and O–H groups in total. The van der Waals surface area contributed by atoms with Crippen molar-refractivity contribution in [3.63, 3.8) is 0 Å². The van der Waals surface area contributed by atoms with Crippen molar-refractivity contribution in [3.05, 3.63) is 71.6 Å². The number of rotatable bonds is 4. The van der Waals surface area contributed by atoms with Crippen LogP contribution < -0.4 is 0 Å². The number of fused-ring (bicyclic) bond motifs is 1. The molecule has 0 aliphatic rings. The molecule has 0 aliphatic carbocycles. The molecule has 0 unspecified atom stereocenters. The highest BCUT2D eigenvalue weighted by atomic mass is 16.5. The van der Waals surface area contributed by atoms with E-state index in [-0.39, 0.29) is 6.61 Å². The van der Waals surface area contributed by atoms with Crippen LogP contribution in [-0.2, 0) is 16.1 Å². The van der Waals surface area contributed by atoms with Gasteiger partial charge in [-0.05, 0) is 24.6 Å². The number of carbonyl (C=O) groups is 1. The number of esters is 1. The van der Waals surface area contributed by atoms with Crippen LogP contribution in [-0.4, -0.2) is 11.0 Å². The van der Waals surface area contributed by atoms with Gasteiger partial charge in [0.25, 0.3) is 0 Å². The van der Waals surface area contributed by atoms with E-state index in [0.717, 1.165) is 16.6 Å². The molecule has 0 saturated heterocycles. The molecule has 0 fully saturated rings. The Bertz CT molecular complexity index is 800. The van der Waals surface area contributed by atoms with Crippen molar-refractivity contribution in [2.24, 2.45) is 0 Å². The lowest BCUT2D eigenvalue weighted by Gasteiger charge is -2.02. The van der Waals surface area contributed by atoms with Crippen LogP contribution in [0.1, 0.15) is 17.0 Å².